The van der Waals surface area contributed by atoms with Gasteiger partial charge < -0.3 is 25.2 Å². The Kier molecular flexibility index (Phi) is 8.55. The van der Waals surface area contributed by atoms with Crippen LogP contribution >= 0.6 is 0 Å². The molecule has 2 heterocycles. The highest BCUT2D eigenvalue weighted by Gasteiger charge is 2.57. The minimum atomic E-state index is -5.33. The van der Waals surface area contributed by atoms with E-state index < -0.39 is 41.6 Å². The number of nitrogens with zero attached hydrogens (tertiary/aromatic N) is 3. The molecule has 0 radical (unpaired) electrons. The first-order valence-electron chi connectivity index (χ1n) is 15.3. The Morgan fingerprint density at radius 2 is 1.81 bits per heavy atom. The predicted molar refractivity (Wildman–Crippen MR) is 163 cm³/mol. The number of methoxy groups -OCH3 is 1. The Hall–Kier alpha value is -4.72. The van der Waals surface area contributed by atoms with E-state index in [0.717, 1.165) is 43.9 Å². The first-order valence-corrected chi connectivity index (χ1v) is 15.3. The fraction of sp³-hybridized carbons (Fsp3) is 0.394. The van der Waals surface area contributed by atoms with Crippen molar-refractivity contribution in [1.29, 1.82) is 0 Å². The normalized spacial score (nSPS) is 16.1. The van der Waals surface area contributed by atoms with Gasteiger partial charge in [0.1, 0.15) is 28.5 Å². The fourth-order valence-electron chi connectivity index (χ4n) is 5.30. The van der Waals surface area contributed by atoms with Gasteiger partial charge in [0.05, 0.1) is 38.4 Å². The lowest BCUT2D eigenvalue weighted by molar-refractivity contribution is -0.265. The van der Waals surface area contributed by atoms with Crippen LogP contribution in [0.3, 0.4) is 0 Å². The van der Waals surface area contributed by atoms with E-state index in [1.807, 2.05) is 0 Å². The van der Waals surface area contributed by atoms with Crippen LogP contribution in [0.1, 0.15) is 60.3 Å². The van der Waals surface area contributed by atoms with Crippen LogP contribution < -0.4 is 20.1 Å². The molecule has 0 bridgehead atoms. The molecule has 2 amide bonds. The lowest BCUT2D eigenvalue weighted by Gasteiger charge is -2.31. The molecule has 0 spiro atoms. The zero-order valence-corrected chi connectivity index (χ0v) is 25.7. The van der Waals surface area contributed by atoms with E-state index in [1.54, 1.807) is 17.8 Å². The van der Waals surface area contributed by atoms with Crippen molar-refractivity contribution in [3.05, 3.63) is 71.3 Å². The number of aromatic nitrogens is 3. The average Bonchev–Trinajstić information content (AvgIpc) is 3.98. The van der Waals surface area contributed by atoms with Crippen molar-refractivity contribution >= 4 is 22.7 Å². The molecule has 2 aliphatic rings. The molecule has 4 aromatic rings. The third kappa shape index (κ3) is 6.73. The molecule has 6 rings (SSSR count). The molecule has 248 valence electrons. The van der Waals surface area contributed by atoms with Gasteiger partial charge in [0.2, 0.25) is 11.5 Å². The Morgan fingerprint density at radius 3 is 2.43 bits per heavy atom. The van der Waals surface area contributed by atoms with Crippen LogP contribution in [-0.2, 0) is 16.8 Å². The summed E-state index contributed by atoms with van der Waals surface area (Å²) in [5, 5.41) is 21.5. The molecule has 0 unspecified atom stereocenters. The van der Waals surface area contributed by atoms with Gasteiger partial charge >= 0.3 is 6.18 Å². The second kappa shape index (κ2) is 12.5. The number of ether oxygens (including phenoxy) is 2. The van der Waals surface area contributed by atoms with E-state index in [2.05, 4.69) is 20.7 Å². The largest absolute Gasteiger partial charge is 0.494 e. The summed E-state index contributed by atoms with van der Waals surface area (Å²) in [5.41, 5.74) is -3.97. The van der Waals surface area contributed by atoms with Gasteiger partial charge in [-0.3, -0.25) is 14.3 Å². The molecular formula is C33H33F4N5O5. The number of aliphatic hydroxyl groups is 1. The lowest BCUT2D eigenvalue weighted by atomic mass is 9.93. The number of hydrogen-bond donors (Lipinski definition) is 3. The Morgan fingerprint density at radius 1 is 1.09 bits per heavy atom. The Labute approximate surface area is 267 Å². The van der Waals surface area contributed by atoms with E-state index >= 15 is 0 Å². The van der Waals surface area contributed by atoms with E-state index in [0.29, 0.717) is 10.9 Å². The first kappa shape index (κ1) is 32.2. The van der Waals surface area contributed by atoms with Gasteiger partial charge in [-0.2, -0.15) is 18.3 Å². The number of fused-ring (bicyclic) bond motifs is 1. The highest BCUT2D eigenvalue weighted by Crippen LogP contribution is 2.42. The molecule has 2 aromatic carbocycles. The van der Waals surface area contributed by atoms with E-state index in [-0.39, 0.29) is 59.0 Å². The molecule has 3 N–H and O–H groups in total. The molecule has 2 aromatic heterocycles. The number of nitrogens with one attached hydrogen (secondary N) is 2. The summed E-state index contributed by atoms with van der Waals surface area (Å²) in [4.78, 5) is 30.3. The summed E-state index contributed by atoms with van der Waals surface area (Å²) < 4.78 is 71.2. The van der Waals surface area contributed by atoms with Crippen LogP contribution in [0.4, 0.5) is 17.6 Å². The third-order valence-corrected chi connectivity index (χ3v) is 8.14. The summed E-state index contributed by atoms with van der Waals surface area (Å²) in [6, 6.07) is 8.88. The maximum Gasteiger partial charge on any atom is 0.424 e. The van der Waals surface area contributed by atoms with Crippen LogP contribution in [0.15, 0.2) is 48.7 Å². The van der Waals surface area contributed by atoms with Gasteiger partial charge in [0.25, 0.3) is 5.91 Å². The SMILES string of the molecule is CCOc1c(CC(=O)NC2CC2)cc([C@@](O)(CNC(=O)c2cc(OC)c3nn(C4CC4)cc3c2)C(F)(F)F)nc1-c1ccc(F)cc1. The number of halogens is 4. The molecule has 0 aliphatic heterocycles. The summed E-state index contributed by atoms with van der Waals surface area (Å²) in [6.45, 7) is 0.426. The minimum absolute atomic E-state index is 0.00156. The van der Waals surface area contributed by atoms with Gasteiger partial charge in [-0.1, -0.05) is 0 Å². The molecule has 2 saturated carbocycles. The second-order valence-corrected chi connectivity index (χ2v) is 11.8. The van der Waals surface area contributed by atoms with Gasteiger partial charge in [-0.15, -0.1) is 0 Å². The van der Waals surface area contributed by atoms with Crippen molar-refractivity contribution in [3.8, 4) is 22.8 Å². The molecule has 2 aliphatic carbocycles. The van der Waals surface area contributed by atoms with Crippen molar-refractivity contribution in [2.45, 2.75) is 62.9 Å². The van der Waals surface area contributed by atoms with E-state index in [1.165, 1.54) is 31.4 Å². The van der Waals surface area contributed by atoms with Crippen molar-refractivity contribution in [2.75, 3.05) is 20.3 Å². The zero-order valence-electron chi connectivity index (χ0n) is 25.7. The number of rotatable bonds is 12. The number of amides is 2. The standard InChI is InChI=1S/C33H33F4N5O5/c1-3-47-30-19(15-27(43)39-23-8-9-23)14-26(40-29(30)18-4-6-22(34)7-5-18)32(45,33(35,36)37)17-38-31(44)20-12-21-16-42(24-10-11-24)41-28(21)25(13-20)46-2/h4-7,12-14,16,23-24,45H,3,8-11,15,17H2,1-2H3,(H,38,44)(H,39,43)/t32-/m0/s1. The minimum Gasteiger partial charge on any atom is -0.494 e. The number of carbonyl (C=O) groups is 2. The number of pyridine rings is 1. The van der Waals surface area contributed by atoms with Crippen LogP contribution in [0.2, 0.25) is 0 Å². The number of hydrogen-bond acceptors (Lipinski definition) is 7. The molecule has 10 nitrogen and oxygen atoms in total. The molecular weight excluding hydrogens is 622 g/mol. The predicted octanol–water partition coefficient (Wildman–Crippen LogP) is 4.98. The zero-order chi connectivity index (χ0) is 33.5. The number of carbonyl (C=O) groups excluding carboxylic acids is 2. The molecule has 0 saturated heterocycles. The van der Waals surface area contributed by atoms with Crippen LogP contribution in [0, 0.1) is 5.82 Å². The van der Waals surface area contributed by atoms with E-state index in [4.69, 9.17) is 9.47 Å². The van der Waals surface area contributed by atoms with E-state index in [9.17, 15) is 32.3 Å². The van der Waals surface area contributed by atoms with Crippen molar-refractivity contribution in [3.63, 3.8) is 0 Å². The average molecular weight is 656 g/mol. The van der Waals surface area contributed by atoms with Crippen LogP contribution in [0.5, 0.6) is 11.5 Å². The molecule has 2 fully saturated rings. The quantitative estimate of drug-likeness (QED) is 0.184. The first-order chi connectivity index (χ1) is 22.4. The summed E-state index contributed by atoms with van der Waals surface area (Å²) in [5.74, 6) is -1.65. The number of alkyl halides is 3. The van der Waals surface area contributed by atoms with Gasteiger partial charge in [0, 0.05) is 34.3 Å². The fourth-order valence-corrected chi connectivity index (χ4v) is 5.30. The second-order valence-electron chi connectivity index (χ2n) is 11.8. The topological polar surface area (TPSA) is 128 Å². The maximum absolute atomic E-state index is 14.8. The summed E-state index contributed by atoms with van der Waals surface area (Å²) >= 11 is 0. The Bertz CT molecular complexity index is 1820. The molecule has 47 heavy (non-hydrogen) atoms. The highest BCUT2D eigenvalue weighted by atomic mass is 19.4. The van der Waals surface area contributed by atoms with Crippen molar-refractivity contribution in [2.24, 2.45) is 0 Å². The molecule has 1 atom stereocenters. The van der Waals surface area contributed by atoms with Gasteiger partial charge in [-0.05, 0) is 75.1 Å². The lowest BCUT2D eigenvalue weighted by Crippen LogP contribution is -2.51. The Balaban J connectivity index is 1.37. The highest BCUT2D eigenvalue weighted by molar-refractivity contribution is 6.00. The summed E-state index contributed by atoms with van der Waals surface area (Å²) in [6.07, 6.45) is -0.432. The van der Waals surface area contributed by atoms with Crippen LogP contribution in [0.25, 0.3) is 22.2 Å². The third-order valence-electron chi connectivity index (χ3n) is 8.14. The van der Waals surface area contributed by atoms with Crippen molar-refractivity contribution in [1.82, 2.24) is 25.4 Å². The van der Waals surface area contributed by atoms with Crippen molar-refractivity contribution < 1.29 is 41.7 Å². The monoisotopic (exact) mass is 655 g/mol. The van der Waals surface area contributed by atoms with Crippen LogP contribution in [-0.4, -0.2) is 64.2 Å². The maximum atomic E-state index is 14.8. The number of benzene rings is 2. The smallest absolute Gasteiger partial charge is 0.424 e. The summed E-state index contributed by atoms with van der Waals surface area (Å²) in [7, 11) is 1.40. The van der Waals surface area contributed by atoms with Gasteiger partial charge in [0.15, 0.2) is 0 Å². The molecule has 14 heteroatoms. The van der Waals surface area contributed by atoms with Gasteiger partial charge in [-0.25, -0.2) is 9.37 Å².